The highest BCUT2D eigenvalue weighted by Gasteiger charge is 2.28. The van der Waals surface area contributed by atoms with Crippen molar-refractivity contribution < 1.29 is 14.0 Å². The van der Waals surface area contributed by atoms with Gasteiger partial charge in [0, 0.05) is 13.0 Å². The zero-order valence-corrected chi connectivity index (χ0v) is 11.3. The van der Waals surface area contributed by atoms with Gasteiger partial charge < -0.3 is 14.9 Å². The number of aliphatic hydroxyl groups is 1. The molecule has 0 amide bonds. The van der Waals surface area contributed by atoms with Crippen molar-refractivity contribution in [3.8, 4) is 0 Å². The molecule has 1 aliphatic rings. The minimum absolute atomic E-state index is 0.0757. The van der Waals surface area contributed by atoms with Crippen molar-refractivity contribution in [3.05, 3.63) is 46.3 Å². The Balaban J connectivity index is 1.76. The molecule has 20 heavy (non-hydrogen) atoms. The molecule has 1 fully saturated rings. The maximum atomic E-state index is 13.8. The van der Waals surface area contributed by atoms with Crippen molar-refractivity contribution in [2.75, 3.05) is 6.54 Å². The molecule has 1 saturated heterocycles. The van der Waals surface area contributed by atoms with E-state index in [1.807, 2.05) is 0 Å². The summed E-state index contributed by atoms with van der Waals surface area (Å²) in [4.78, 5) is 4.23. The fraction of sp³-hybridized carbons (Fsp3) is 0.385. The summed E-state index contributed by atoms with van der Waals surface area (Å²) in [6.45, 7) is 0.505. The van der Waals surface area contributed by atoms with E-state index in [1.165, 1.54) is 6.07 Å². The molecular weight excluding hydrogens is 285 g/mol. The normalized spacial score (nSPS) is 22.4. The number of halogens is 2. The van der Waals surface area contributed by atoms with Gasteiger partial charge in [0.1, 0.15) is 5.82 Å². The SMILES string of the molecule is OC1CN[C@H](c2nc(Cc3cccc(Cl)c3F)no2)C1. The monoisotopic (exact) mass is 297 g/mol. The Bertz CT molecular complexity index is 619. The van der Waals surface area contributed by atoms with Crippen LogP contribution in [0.5, 0.6) is 0 Å². The Hall–Kier alpha value is -1.50. The fourth-order valence-corrected chi connectivity index (χ4v) is 2.44. The third-order valence-electron chi connectivity index (χ3n) is 3.27. The van der Waals surface area contributed by atoms with Crippen molar-refractivity contribution >= 4 is 11.6 Å². The van der Waals surface area contributed by atoms with Gasteiger partial charge >= 0.3 is 0 Å². The second kappa shape index (κ2) is 5.47. The Morgan fingerprint density at radius 1 is 1.50 bits per heavy atom. The van der Waals surface area contributed by atoms with Crippen molar-refractivity contribution in [3.63, 3.8) is 0 Å². The van der Waals surface area contributed by atoms with Crippen molar-refractivity contribution in [1.29, 1.82) is 0 Å². The van der Waals surface area contributed by atoms with Crippen molar-refractivity contribution in [2.45, 2.75) is 25.0 Å². The largest absolute Gasteiger partial charge is 0.392 e. The number of aliphatic hydroxyl groups excluding tert-OH is 1. The molecule has 3 rings (SSSR count). The van der Waals surface area contributed by atoms with Crippen LogP contribution in [0, 0.1) is 5.82 Å². The first-order chi connectivity index (χ1) is 9.63. The van der Waals surface area contributed by atoms with Gasteiger partial charge in [0.2, 0.25) is 5.89 Å². The number of rotatable bonds is 3. The Morgan fingerprint density at radius 2 is 2.35 bits per heavy atom. The van der Waals surface area contributed by atoms with Crippen LogP contribution in [0.2, 0.25) is 5.02 Å². The second-order valence-corrected chi connectivity index (χ2v) is 5.20. The Morgan fingerprint density at radius 3 is 3.10 bits per heavy atom. The molecule has 0 radical (unpaired) electrons. The average molecular weight is 298 g/mol. The molecular formula is C13H13ClFN3O2. The highest BCUT2D eigenvalue weighted by Crippen LogP contribution is 2.23. The molecule has 0 spiro atoms. The molecule has 1 aromatic heterocycles. The molecule has 1 aliphatic heterocycles. The first-order valence-electron chi connectivity index (χ1n) is 6.30. The number of nitrogens with zero attached hydrogens (tertiary/aromatic N) is 2. The van der Waals surface area contributed by atoms with Crippen LogP contribution in [0.15, 0.2) is 22.7 Å². The van der Waals surface area contributed by atoms with Crippen LogP contribution in [-0.4, -0.2) is 27.9 Å². The highest BCUT2D eigenvalue weighted by atomic mass is 35.5. The van der Waals surface area contributed by atoms with E-state index >= 15 is 0 Å². The smallest absolute Gasteiger partial charge is 0.243 e. The summed E-state index contributed by atoms with van der Waals surface area (Å²) in [6, 6.07) is 4.66. The summed E-state index contributed by atoms with van der Waals surface area (Å²) in [5.41, 5.74) is 0.421. The van der Waals surface area contributed by atoms with Crippen LogP contribution in [0.4, 0.5) is 4.39 Å². The number of β-amino-alcohol motifs (C(OH)–C–C–N with tert-alkyl or cyclic N) is 1. The van der Waals surface area contributed by atoms with Gasteiger partial charge in [0.25, 0.3) is 0 Å². The number of aromatic nitrogens is 2. The minimum Gasteiger partial charge on any atom is -0.392 e. The topological polar surface area (TPSA) is 71.2 Å². The first kappa shape index (κ1) is 13.5. The summed E-state index contributed by atoms with van der Waals surface area (Å²) < 4.78 is 18.9. The maximum absolute atomic E-state index is 13.8. The molecule has 2 heterocycles. The van der Waals surface area contributed by atoms with Crippen molar-refractivity contribution in [1.82, 2.24) is 15.5 Å². The number of hydrogen-bond donors (Lipinski definition) is 2. The fourth-order valence-electron chi connectivity index (χ4n) is 2.24. The van der Waals surface area contributed by atoms with Gasteiger partial charge in [0.15, 0.2) is 5.82 Å². The molecule has 2 N–H and O–H groups in total. The lowest BCUT2D eigenvalue weighted by Gasteiger charge is -2.02. The molecule has 2 atom stereocenters. The van der Waals surface area contributed by atoms with Crippen LogP contribution >= 0.6 is 11.6 Å². The summed E-state index contributed by atoms with van der Waals surface area (Å²) in [6.07, 6.45) is 0.346. The predicted octanol–water partition coefficient (Wildman–Crippen LogP) is 1.85. The maximum Gasteiger partial charge on any atom is 0.243 e. The van der Waals surface area contributed by atoms with E-state index in [9.17, 15) is 9.50 Å². The van der Waals surface area contributed by atoms with Crippen LogP contribution in [0.3, 0.4) is 0 Å². The van der Waals surface area contributed by atoms with E-state index in [1.54, 1.807) is 12.1 Å². The van der Waals surface area contributed by atoms with Gasteiger partial charge in [-0.15, -0.1) is 0 Å². The van der Waals surface area contributed by atoms with E-state index in [-0.39, 0.29) is 17.5 Å². The van der Waals surface area contributed by atoms with E-state index in [0.29, 0.717) is 30.2 Å². The van der Waals surface area contributed by atoms with Gasteiger partial charge in [-0.2, -0.15) is 4.98 Å². The van der Waals surface area contributed by atoms with Gasteiger partial charge in [-0.05, 0) is 18.1 Å². The van der Waals surface area contributed by atoms with Gasteiger partial charge in [-0.3, -0.25) is 0 Å². The van der Waals surface area contributed by atoms with E-state index in [4.69, 9.17) is 16.1 Å². The third-order valence-corrected chi connectivity index (χ3v) is 3.56. The Kier molecular flexibility index (Phi) is 3.69. The average Bonchev–Trinajstić information content (AvgIpc) is 3.04. The molecule has 0 saturated carbocycles. The molecule has 0 aliphatic carbocycles. The quantitative estimate of drug-likeness (QED) is 0.904. The lowest BCUT2D eigenvalue weighted by Crippen LogP contribution is -2.15. The van der Waals surface area contributed by atoms with Crippen LogP contribution in [0.1, 0.15) is 29.7 Å². The molecule has 0 bridgehead atoms. The summed E-state index contributed by atoms with van der Waals surface area (Å²) in [5.74, 6) is 0.346. The van der Waals surface area contributed by atoms with Crippen LogP contribution in [-0.2, 0) is 6.42 Å². The van der Waals surface area contributed by atoms with E-state index < -0.39 is 11.9 Å². The minimum atomic E-state index is -0.463. The number of nitrogens with one attached hydrogen (secondary N) is 1. The molecule has 2 aromatic rings. The number of benzene rings is 1. The first-order valence-corrected chi connectivity index (χ1v) is 6.68. The van der Waals surface area contributed by atoms with E-state index in [2.05, 4.69) is 15.5 Å². The van der Waals surface area contributed by atoms with Crippen LogP contribution in [0.25, 0.3) is 0 Å². The lowest BCUT2D eigenvalue weighted by atomic mass is 10.1. The zero-order valence-electron chi connectivity index (χ0n) is 10.5. The van der Waals surface area contributed by atoms with Gasteiger partial charge in [-0.1, -0.05) is 28.9 Å². The van der Waals surface area contributed by atoms with Crippen LogP contribution < -0.4 is 5.32 Å². The zero-order chi connectivity index (χ0) is 14.1. The molecule has 1 unspecified atom stereocenters. The second-order valence-electron chi connectivity index (χ2n) is 4.79. The number of hydrogen-bond acceptors (Lipinski definition) is 5. The molecule has 1 aromatic carbocycles. The predicted molar refractivity (Wildman–Crippen MR) is 69.9 cm³/mol. The van der Waals surface area contributed by atoms with Crippen molar-refractivity contribution in [2.24, 2.45) is 0 Å². The Labute approximate surface area is 119 Å². The molecule has 7 heteroatoms. The summed E-state index contributed by atoms with van der Waals surface area (Å²) in [7, 11) is 0. The lowest BCUT2D eigenvalue weighted by molar-refractivity contribution is 0.191. The van der Waals surface area contributed by atoms with E-state index in [0.717, 1.165) is 0 Å². The molecule has 106 valence electrons. The van der Waals surface area contributed by atoms with Gasteiger partial charge in [-0.25, -0.2) is 4.39 Å². The van der Waals surface area contributed by atoms with Gasteiger partial charge in [0.05, 0.1) is 17.2 Å². The summed E-state index contributed by atoms with van der Waals surface area (Å²) >= 11 is 5.73. The standard InChI is InChI=1S/C13H13ClFN3O2/c14-9-3-1-2-7(12(9)15)4-11-17-13(20-18-11)10-5-8(19)6-16-10/h1-3,8,10,16,19H,4-6H2/t8?,10-/m0/s1. The summed E-state index contributed by atoms with van der Waals surface area (Å²) in [5, 5.41) is 16.4. The molecule has 5 nitrogen and oxygen atoms in total. The highest BCUT2D eigenvalue weighted by molar-refractivity contribution is 6.30. The third kappa shape index (κ3) is 2.67.